The molecule has 3 aromatic carbocycles. The molecule has 172 valence electrons. The van der Waals surface area contributed by atoms with Crippen LogP contribution in [0.1, 0.15) is 31.3 Å². The number of hydrogen-bond acceptors (Lipinski definition) is 5. The summed E-state index contributed by atoms with van der Waals surface area (Å²) >= 11 is 1.20. The van der Waals surface area contributed by atoms with E-state index in [0.717, 1.165) is 22.9 Å². The minimum absolute atomic E-state index is 0.0531. The van der Waals surface area contributed by atoms with E-state index < -0.39 is 11.7 Å². The van der Waals surface area contributed by atoms with Gasteiger partial charge in [-0.3, -0.25) is 9.59 Å². The van der Waals surface area contributed by atoms with Crippen LogP contribution in [0.5, 0.6) is 0 Å². The molecule has 5 aromatic rings. The first kappa shape index (κ1) is 21.4. The summed E-state index contributed by atoms with van der Waals surface area (Å²) in [4.78, 5) is 35.6. The zero-order valence-electron chi connectivity index (χ0n) is 18.1. The number of thiazole rings is 1. The second-order valence-corrected chi connectivity index (χ2v) is 9.22. The highest BCUT2D eigenvalue weighted by molar-refractivity contribution is 7.19. The van der Waals surface area contributed by atoms with Crippen LogP contribution in [0.4, 0.5) is 13.2 Å². The summed E-state index contributed by atoms with van der Waals surface area (Å²) in [6.45, 7) is 0. The number of imidazole rings is 1. The molecule has 0 spiro atoms. The first-order valence-corrected chi connectivity index (χ1v) is 11.4. The van der Waals surface area contributed by atoms with Crippen molar-refractivity contribution in [1.29, 1.82) is 0 Å². The van der Waals surface area contributed by atoms with Gasteiger partial charge in [-0.25, -0.2) is 9.97 Å². The molecule has 0 N–H and O–H groups in total. The Balaban J connectivity index is 1.36. The number of hydrogen-bond donors (Lipinski definition) is 0. The van der Waals surface area contributed by atoms with E-state index in [1.54, 1.807) is 23.7 Å². The number of carbonyl (C=O) groups is 2. The number of allylic oxidation sites excluding steroid dienone is 1. The fourth-order valence-corrected chi connectivity index (χ4v) is 5.19. The first-order chi connectivity index (χ1) is 16.7. The summed E-state index contributed by atoms with van der Waals surface area (Å²) in [5.74, 6) is -0.208. The number of benzene rings is 3. The molecule has 2 heterocycles. The average molecular weight is 489 g/mol. The number of fused-ring (bicyclic) bond motifs is 3. The molecule has 0 atom stereocenters. The Morgan fingerprint density at radius 2 is 1.49 bits per heavy atom. The maximum Gasteiger partial charge on any atom is 0.416 e. The highest BCUT2D eigenvalue weighted by Gasteiger charge is 2.34. The van der Waals surface area contributed by atoms with Gasteiger partial charge in [0.15, 0.2) is 22.0 Å². The van der Waals surface area contributed by atoms with Crippen molar-refractivity contribution in [1.82, 2.24) is 14.5 Å². The molecule has 0 bridgehead atoms. The van der Waals surface area contributed by atoms with E-state index in [2.05, 4.69) is 9.97 Å². The van der Waals surface area contributed by atoms with Crippen molar-refractivity contribution in [3.63, 3.8) is 0 Å². The first-order valence-electron chi connectivity index (χ1n) is 10.6. The van der Waals surface area contributed by atoms with Crippen LogP contribution in [-0.4, -0.2) is 26.1 Å². The van der Waals surface area contributed by atoms with Crippen LogP contribution < -0.4 is 0 Å². The second-order valence-electron chi connectivity index (χ2n) is 8.21. The van der Waals surface area contributed by atoms with Gasteiger partial charge in [0, 0.05) is 23.7 Å². The maximum absolute atomic E-state index is 13.0. The topological polar surface area (TPSA) is 64.8 Å². The van der Waals surface area contributed by atoms with Crippen molar-refractivity contribution < 1.29 is 22.8 Å². The summed E-state index contributed by atoms with van der Waals surface area (Å²) < 4.78 is 40.3. The normalized spacial score (nSPS) is 13.8. The number of rotatable bonds is 2. The number of alkyl halides is 3. The predicted octanol–water partition coefficient (Wildman–Crippen LogP) is 6.33. The van der Waals surface area contributed by atoms with Crippen molar-refractivity contribution in [2.45, 2.75) is 6.18 Å². The number of halogens is 3. The molecule has 1 aliphatic rings. The standard InChI is InChI=1S/C26H14F3N3O2S/c1-32-23(13-6-8-16(9-7-13)26(27,28)29)31-25-24(32)30-20(35-25)12-19-21(33)17-10-14-4-2-3-5-15(14)11-18(17)22(19)34/h2-12H,1H3. The minimum Gasteiger partial charge on any atom is -0.311 e. The lowest BCUT2D eigenvalue weighted by molar-refractivity contribution is -0.137. The largest absolute Gasteiger partial charge is 0.416 e. The van der Waals surface area contributed by atoms with Gasteiger partial charge in [0.05, 0.1) is 11.1 Å². The Labute approximate surface area is 200 Å². The third kappa shape index (κ3) is 3.38. The number of aromatic nitrogens is 3. The number of ketones is 2. The molecule has 0 radical (unpaired) electrons. The van der Waals surface area contributed by atoms with E-state index in [0.29, 0.717) is 38.0 Å². The molecular formula is C26H14F3N3O2S. The summed E-state index contributed by atoms with van der Waals surface area (Å²) in [7, 11) is 1.71. The van der Waals surface area contributed by atoms with Gasteiger partial charge in [-0.2, -0.15) is 13.2 Å². The number of nitrogens with zero attached hydrogens (tertiary/aromatic N) is 3. The van der Waals surface area contributed by atoms with Gasteiger partial charge in [0.2, 0.25) is 0 Å². The van der Waals surface area contributed by atoms with Gasteiger partial charge in [-0.1, -0.05) is 47.7 Å². The highest BCUT2D eigenvalue weighted by Crippen LogP contribution is 2.35. The molecule has 0 amide bonds. The Hall–Kier alpha value is -4.11. The van der Waals surface area contributed by atoms with Gasteiger partial charge in [-0.15, -0.1) is 0 Å². The van der Waals surface area contributed by atoms with E-state index in [1.807, 2.05) is 24.3 Å². The van der Waals surface area contributed by atoms with Crippen LogP contribution in [0, 0.1) is 0 Å². The van der Waals surface area contributed by atoms with Gasteiger partial charge in [0.25, 0.3) is 0 Å². The minimum atomic E-state index is -4.41. The molecule has 0 unspecified atom stereocenters. The fourth-order valence-electron chi connectivity index (χ4n) is 4.27. The van der Waals surface area contributed by atoms with E-state index >= 15 is 0 Å². The summed E-state index contributed by atoms with van der Waals surface area (Å²) in [6.07, 6.45) is -2.93. The number of aryl methyl sites for hydroxylation is 1. The van der Waals surface area contributed by atoms with E-state index in [1.165, 1.54) is 29.5 Å². The average Bonchev–Trinajstić information content (AvgIpc) is 3.45. The van der Waals surface area contributed by atoms with Gasteiger partial charge >= 0.3 is 6.18 Å². The Kier molecular flexibility index (Phi) is 4.56. The molecule has 1 aliphatic carbocycles. The van der Waals surface area contributed by atoms with Crippen LogP contribution in [-0.2, 0) is 13.2 Å². The summed E-state index contributed by atoms with van der Waals surface area (Å²) in [5, 5.41) is 2.22. The Morgan fingerprint density at radius 3 is 2.03 bits per heavy atom. The summed E-state index contributed by atoms with van der Waals surface area (Å²) in [5.41, 5.74) is 1.11. The third-order valence-corrected chi connectivity index (χ3v) is 6.94. The summed E-state index contributed by atoms with van der Waals surface area (Å²) in [6, 6.07) is 15.8. The molecule has 5 nitrogen and oxygen atoms in total. The zero-order chi connectivity index (χ0) is 24.5. The third-order valence-electron chi connectivity index (χ3n) is 6.05. The maximum atomic E-state index is 13.0. The molecule has 0 saturated carbocycles. The van der Waals surface area contributed by atoms with Crippen LogP contribution in [0.2, 0.25) is 0 Å². The van der Waals surface area contributed by atoms with Crippen LogP contribution in [0.25, 0.3) is 38.7 Å². The van der Waals surface area contributed by atoms with Crippen molar-refractivity contribution in [3.8, 4) is 11.4 Å². The van der Waals surface area contributed by atoms with E-state index in [9.17, 15) is 22.8 Å². The molecule has 6 rings (SSSR count). The lowest BCUT2D eigenvalue weighted by atomic mass is 10.0. The van der Waals surface area contributed by atoms with Crippen molar-refractivity contribution in [3.05, 3.63) is 87.9 Å². The highest BCUT2D eigenvalue weighted by atomic mass is 32.1. The predicted molar refractivity (Wildman–Crippen MR) is 127 cm³/mol. The lowest BCUT2D eigenvalue weighted by Crippen LogP contribution is -2.04. The molecule has 0 fully saturated rings. The molecular weight excluding hydrogens is 475 g/mol. The van der Waals surface area contributed by atoms with Crippen molar-refractivity contribution >= 4 is 50.2 Å². The van der Waals surface area contributed by atoms with E-state index in [-0.39, 0.29) is 17.1 Å². The Bertz CT molecular complexity index is 1670. The van der Waals surface area contributed by atoms with Gasteiger partial charge in [-0.05, 0) is 41.1 Å². The fraction of sp³-hybridized carbons (Fsp3) is 0.0769. The molecule has 9 heteroatoms. The van der Waals surface area contributed by atoms with Crippen LogP contribution in [0.15, 0.2) is 66.2 Å². The van der Waals surface area contributed by atoms with Crippen LogP contribution >= 0.6 is 11.3 Å². The lowest BCUT2D eigenvalue weighted by Gasteiger charge is -2.07. The van der Waals surface area contributed by atoms with E-state index in [4.69, 9.17) is 0 Å². The smallest absolute Gasteiger partial charge is 0.311 e. The quantitative estimate of drug-likeness (QED) is 0.215. The molecule has 0 saturated heterocycles. The molecule has 2 aromatic heterocycles. The molecule has 0 aliphatic heterocycles. The van der Waals surface area contributed by atoms with Crippen LogP contribution in [0.3, 0.4) is 0 Å². The molecule has 35 heavy (non-hydrogen) atoms. The number of carbonyl (C=O) groups excluding carboxylic acids is 2. The second kappa shape index (κ2) is 7.44. The number of Topliss-reactive ketones (excluding diaryl/α,β-unsaturated/α-hetero) is 2. The van der Waals surface area contributed by atoms with Crippen molar-refractivity contribution in [2.24, 2.45) is 7.05 Å². The van der Waals surface area contributed by atoms with Gasteiger partial charge in [0.1, 0.15) is 10.8 Å². The monoisotopic (exact) mass is 489 g/mol. The SMILES string of the molecule is Cn1c(-c2ccc(C(F)(F)F)cc2)nc2sc(C=C3C(=O)c4cc5ccccc5cc4C3=O)nc21. The van der Waals surface area contributed by atoms with Crippen molar-refractivity contribution in [2.75, 3.05) is 0 Å². The Morgan fingerprint density at radius 1 is 0.886 bits per heavy atom. The van der Waals surface area contributed by atoms with Gasteiger partial charge < -0.3 is 4.57 Å². The zero-order valence-corrected chi connectivity index (χ0v) is 18.9.